The van der Waals surface area contributed by atoms with Gasteiger partial charge in [-0.15, -0.1) is 12.6 Å². The first-order valence-corrected chi connectivity index (χ1v) is 3.88. The number of hydrogen-bond donors (Lipinski definition) is 2. The van der Waals surface area contributed by atoms with Crippen LogP contribution in [0.4, 0.5) is 14.5 Å². The van der Waals surface area contributed by atoms with Crippen molar-refractivity contribution in [1.82, 2.24) is 0 Å². The topological polar surface area (TPSA) is 12.0 Å². The second-order valence-electron chi connectivity index (χ2n) is 2.44. The van der Waals surface area contributed by atoms with Crippen LogP contribution in [0.3, 0.4) is 0 Å². The molecule has 1 rings (SSSR count). The Kier molecular flexibility index (Phi) is 2.57. The summed E-state index contributed by atoms with van der Waals surface area (Å²) in [5, 5.41) is 2.72. The molecule has 0 saturated carbocycles. The summed E-state index contributed by atoms with van der Waals surface area (Å²) in [6, 6.07) is 1.09. The van der Waals surface area contributed by atoms with Crippen LogP contribution in [-0.4, -0.2) is 7.05 Å². The van der Waals surface area contributed by atoms with E-state index in [1.54, 1.807) is 7.05 Å². The SMILES string of the molecule is CNc1cc(F)c(F)c(C)c1S. The lowest BCUT2D eigenvalue weighted by molar-refractivity contribution is 0.500. The Hall–Kier alpha value is -0.770. The molecule has 0 aliphatic heterocycles. The molecule has 0 aliphatic carbocycles. The summed E-state index contributed by atoms with van der Waals surface area (Å²) < 4.78 is 25.6. The van der Waals surface area contributed by atoms with Gasteiger partial charge in [0.15, 0.2) is 11.6 Å². The zero-order chi connectivity index (χ0) is 9.30. The van der Waals surface area contributed by atoms with Gasteiger partial charge in [-0.05, 0) is 6.92 Å². The van der Waals surface area contributed by atoms with Crippen LogP contribution in [0, 0.1) is 18.6 Å². The van der Waals surface area contributed by atoms with Crippen molar-refractivity contribution in [2.24, 2.45) is 0 Å². The summed E-state index contributed by atoms with van der Waals surface area (Å²) in [6.07, 6.45) is 0. The summed E-state index contributed by atoms with van der Waals surface area (Å²) in [4.78, 5) is 0.441. The maximum Gasteiger partial charge on any atom is 0.162 e. The minimum Gasteiger partial charge on any atom is -0.387 e. The van der Waals surface area contributed by atoms with E-state index in [2.05, 4.69) is 17.9 Å². The van der Waals surface area contributed by atoms with Gasteiger partial charge >= 0.3 is 0 Å². The van der Waals surface area contributed by atoms with Crippen LogP contribution < -0.4 is 5.32 Å². The highest BCUT2D eigenvalue weighted by Crippen LogP contribution is 2.27. The lowest BCUT2D eigenvalue weighted by Crippen LogP contribution is -1.97. The summed E-state index contributed by atoms with van der Waals surface area (Å²) in [5.41, 5.74) is 0.720. The molecule has 1 aromatic rings. The van der Waals surface area contributed by atoms with Crippen LogP contribution in [0.5, 0.6) is 0 Å². The van der Waals surface area contributed by atoms with Crippen LogP contribution in [0.2, 0.25) is 0 Å². The smallest absolute Gasteiger partial charge is 0.162 e. The summed E-state index contributed by atoms with van der Waals surface area (Å²) in [6.45, 7) is 1.49. The average molecular weight is 189 g/mol. The van der Waals surface area contributed by atoms with E-state index in [-0.39, 0.29) is 5.56 Å². The molecule has 4 heteroatoms. The van der Waals surface area contributed by atoms with Gasteiger partial charge in [-0.3, -0.25) is 0 Å². The molecule has 0 fully saturated rings. The summed E-state index contributed by atoms with van der Waals surface area (Å²) in [5.74, 6) is -1.69. The molecule has 0 saturated heterocycles. The zero-order valence-corrected chi connectivity index (χ0v) is 7.67. The maximum atomic E-state index is 12.9. The Labute approximate surface area is 75.2 Å². The first-order chi connectivity index (χ1) is 5.57. The highest BCUT2D eigenvalue weighted by molar-refractivity contribution is 7.80. The fourth-order valence-corrected chi connectivity index (χ4v) is 1.21. The fourth-order valence-electron chi connectivity index (χ4n) is 0.934. The standard InChI is InChI=1S/C8H9F2NS/c1-4-7(10)5(9)3-6(11-2)8(4)12/h3,11-12H,1-2H3. The van der Waals surface area contributed by atoms with Gasteiger partial charge in [0, 0.05) is 23.6 Å². The molecule has 0 amide bonds. The quantitative estimate of drug-likeness (QED) is 0.647. The summed E-state index contributed by atoms with van der Waals surface area (Å²) >= 11 is 4.04. The third-order valence-electron chi connectivity index (χ3n) is 1.69. The molecule has 0 aliphatic rings. The van der Waals surface area contributed by atoms with Gasteiger partial charge in [0.2, 0.25) is 0 Å². The van der Waals surface area contributed by atoms with E-state index < -0.39 is 11.6 Å². The van der Waals surface area contributed by atoms with E-state index in [1.807, 2.05) is 0 Å². The van der Waals surface area contributed by atoms with Crippen LogP contribution >= 0.6 is 12.6 Å². The predicted octanol–water partition coefficient (Wildman–Crippen LogP) is 2.60. The van der Waals surface area contributed by atoms with Crippen molar-refractivity contribution in [3.63, 3.8) is 0 Å². The molecule has 12 heavy (non-hydrogen) atoms. The highest BCUT2D eigenvalue weighted by atomic mass is 32.1. The maximum absolute atomic E-state index is 12.9. The van der Waals surface area contributed by atoms with Crippen LogP contribution in [-0.2, 0) is 0 Å². The molecular formula is C8H9F2NS. The van der Waals surface area contributed by atoms with Crippen LogP contribution in [0.15, 0.2) is 11.0 Å². The number of halogens is 2. The number of benzene rings is 1. The normalized spacial score (nSPS) is 10.1. The minimum absolute atomic E-state index is 0.225. The molecule has 66 valence electrons. The Morgan fingerprint density at radius 1 is 1.42 bits per heavy atom. The Morgan fingerprint density at radius 2 is 2.00 bits per heavy atom. The molecule has 1 aromatic carbocycles. The molecular weight excluding hydrogens is 180 g/mol. The molecule has 0 atom stereocenters. The largest absolute Gasteiger partial charge is 0.387 e. The third-order valence-corrected chi connectivity index (χ3v) is 2.27. The number of nitrogens with one attached hydrogen (secondary N) is 1. The average Bonchev–Trinajstić information content (AvgIpc) is 2.08. The van der Waals surface area contributed by atoms with Crippen LogP contribution in [0.1, 0.15) is 5.56 Å². The van der Waals surface area contributed by atoms with E-state index >= 15 is 0 Å². The Bertz CT molecular complexity index is 312. The van der Waals surface area contributed by atoms with Crippen molar-refractivity contribution in [2.45, 2.75) is 11.8 Å². The van der Waals surface area contributed by atoms with Crippen molar-refractivity contribution in [3.05, 3.63) is 23.3 Å². The molecule has 0 aromatic heterocycles. The van der Waals surface area contributed by atoms with E-state index in [0.717, 1.165) is 6.07 Å². The molecule has 0 spiro atoms. The van der Waals surface area contributed by atoms with Gasteiger partial charge in [-0.1, -0.05) is 0 Å². The first kappa shape index (κ1) is 9.32. The van der Waals surface area contributed by atoms with Crippen molar-refractivity contribution in [1.29, 1.82) is 0 Å². The van der Waals surface area contributed by atoms with Crippen molar-refractivity contribution >= 4 is 18.3 Å². The Balaban J connectivity index is 3.39. The molecule has 0 bridgehead atoms. The van der Waals surface area contributed by atoms with E-state index in [1.165, 1.54) is 6.92 Å². The van der Waals surface area contributed by atoms with Gasteiger partial charge in [-0.2, -0.15) is 0 Å². The van der Waals surface area contributed by atoms with Gasteiger partial charge < -0.3 is 5.32 Å². The van der Waals surface area contributed by atoms with E-state index in [9.17, 15) is 8.78 Å². The molecule has 0 unspecified atom stereocenters. The predicted molar refractivity (Wildman–Crippen MR) is 47.9 cm³/mol. The number of hydrogen-bond acceptors (Lipinski definition) is 2. The molecule has 1 N–H and O–H groups in total. The fraction of sp³-hybridized carbons (Fsp3) is 0.250. The molecule has 1 nitrogen and oxygen atoms in total. The number of rotatable bonds is 1. The second-order valence-corrected chi connectivity index (χ2v) is 2.89. The first-order valence-electron chi connectivity index (χ1n) is 3.43. The third kappa shape index (κ3) is 1.39. The van der Waals surface area contributed by atoms with Crippen LogP contribution in [0.25, 0.3) is 0 Å². The van der Waals surface area contributed by atoms with Crippen molar-refractivity contribution in [3.8, 4) is 0 Å². The number of thiol groups is 1. The lowest BCUT2D eigenvalue weighted by Gasteiger charge is -2.08. The highest BCUT2D eigenvalue weighted by Gasteiger charge is 2.11. The number of anilines is 1. The van der Waals surface area contributed by atoms with Gasteiger partial charge in [0.05, 0.1) is 5.69 Å². The molecule has 0 radical (unpaired) electrons. The Morgan fingerprint density at radius 3 is 2.50 bits per heavy atom. The van der Waals surface area contributed by atoms with Gasteiger partial charge in [0.25, 0.3) is 0 Å². The summed E-state index contributed by atoms with van der Waals surface area (Å²) in [7, 11) is 1.63. The van der Waals surface area contributed by atoms with Crippen molar-refractivity contribution < 1.29 is 8.78 Å². The zero-order valence-electron chi connectivity index (χ0n) is 6.78. The lowest BCUT2D eigenvalue weighted by atomic mass is 10.2. The second kappa shape index (κ2) is 3.31. The monoisotopic (exact) mass is 189 g/mol. The van der Waals surface area contributed by atoms with Gasteiger partial charge in [0.1, 0.15) is 0 Å². The minimum atomic E-state index is -0.852. The van der Waals surface area contributed by atoms with E-state index in [0.29, 0.717) is 10.6 Å². The molecule has 0 heterocycles. The van der Waals surface area contributed by atoms with E-state index in [4.69, 9.17) is 0 Å². The van der Waals surface area contributed by atoms with Gasteiger partial charge in [-0.25, -0.2) is 8.78 Å². The van der Waals surface area contributed by atoms with Crippen molar-refractivity contribution in [2.75, 3.05) is 12.4 Å².